The van der Waals surface area contributed by atoms with E-state index in [1.807, 2.05) is 27.0 Å². The van der Waals surface area contributed by atoms with Crippen molar-refractivity contribution in [3.8, 4) is 0 Å². The molecule has 0 saturated heterocycles. The molecular formula is C22H35F2N5O2S. The minimum absolute atomic E-state index is 0.0573. The first-order valence-electron chi connectivity index (χ1n) is 10.4. The Morgan fingerprint density at radius 2 is 1.84 bits per heavy atom. The lowest BCUT2D eigenvalue weighted by Gasteiger charge is -2.16. The van der Waals surface area contributed by atoms with E-state index in [0.29, 0.717) is 31.3 Å². The van der Waals surface area contributed by atoms with Gasteiger partial charge in [0.15, 0.2) is 0 Å². The van der Waals surface area contributed by atoms with Crippen molar-refractivity contribution in [2.45, 2.75) is 34.1 Å². The number of allylic oxidation sites excluding steroid dienone is 2. The number of hydrogen-bond donors (Lipinski definition) is 5. The Morgan fingerprint density at radius 3 is 2.34 bits per heavy atom. The highest BCUT2D eigenvalue weighted by molar-refractivity contribution is 8.02. The second kappa shape index (κ2) is 17.0. The van der Waals surface area contributed by atoms with E-state index in [2.05, 4.69) is 16.0 Å². The zero-order chi connectivity index (χ0) is 24.5. The molecule has 0 fully saturated rings. The molecule has 1 aromatic rings. The maximum absolute atomic E-state index is 13.4. The highest BCUT2D eigenvalue weighted by Crippen LogP contribution is 2.20. The van der Waals surface area contributed by atoms with Crippen LogP contribution in [0.2, 0.25) is 0 Å². The van der Waals surface area contributed by atoms with Gasteiger partial charge in [-0.25, -0.2) is 8.78 Å². The molecular weight excluding hydrogens is 436 g/mol. The van der Waals surface area contributed by atoms with Crippen LogP contribution in [0.15, 0.2) is 40.3 Å². The van der Waals surface area contributed by atoms with Gasteiger partial charge in [-0.15, -0.1) is 11.8 Å². The quantitative estimate of drug-likeness (QED) is 0.129. The molecule has 0 aliphatic heterocycles. The first-order valence-corrected chi connectivity index (χ1v) is 11.6. The van der Waals surface area contributed by atoms with Crippen molar-refractivity contribution < 1.29 is 18.3 Å². The predicted molar refractivity (Wildman–Crippen MR) is 130 cm³/mol. The molecule has 0 aliphatic carbocycles. The summed E-state index contributed by atoms with van der Waals surface area (Å²) in [5.41, 5.74) is 6.58. The van der Waals surface area contributed by atoms with E-state index in [0.717, 1.165) is 29.8 Å². The van der Waals surface area contributed by atoms with Crippen LogP contribution in [0.25, 0.3) is 0 Å². The molecule has 0 spiro atoms. The zero-order valence-corrected chi connectivity index (χ0v) is 20.2. The molecule has 1 amide bonds. The molecule has 0 heterocycles. The second-order valence-electron chi connectivity index (χ2n) is 6.19. The summed E-state index contributed by atoms with van der Waals surface area (Å²) in [6.07, 6.45) is 3.32. The molecule has 1 rings (SSSR count). The predicted octanol–water partition coefficient (Wildman–Crippen LogP) is 3.95. The van der Waals surface area contributed by atoms with E-state index in [1.165, 1.54) is 11.8 Å². The zero-order valence-electron chi connectivity index (χ0n) is 19.4. The van der Waals surface area contributed by atoms with Gasteiger partial charge < -0.3 is 31.8 Å². The lowest BCUT2D eigenvalue weighted by molar-refractivity contribution is -0.116. The Morgan fingerprint density at radius 1 is 1.22 bits per heavy atom. The van der Waals surface area contributed by atoms with Crippen molar-refractivity contribution in [2.24, 2.45) is 5.73 Å². The number of carbonyl (C=O) groups excluding carboxylic acids is 1. The Kier molecular flexibility index (Phi) is 15.6. The maximum atomic E-state index is 13.4. The first kappa shape index (κ1) is 29.4. The molecule has 10 heteroatoms. The standard InChI is InChI=1S/C20H29F2N5O2S.C2H6/c1-4-25-6-7-26-17(12-23)19(29-8-5-18(30-3)13(2)24)20(28)27-16-10-14(21)9-15(22)11-16;1-2/h9-12,23,25-26H,4-8,24H2,1-3H3,(H,27,28);1-2H3/b18-13-,19-17-,23-12?;. The van der Waals surface area contributed by atoms with Gasteiger partial charge in [0.05, 0.1) is 6.61 Å². The van der Waals surface area contributed by atoms with E-state index in [1.54, 1.807) is 6.92 Å². The fourth-order valence-corrected chi connectivity index (χ4v) is 3.05. The van der Waals surface area contributed by atoms with Gasteiger partial charge in [0.1, 0.15) is 17.3 Å². The molecule has 0 aromatic heterocycles. The minimum atomic E-state index is -0.819. The van der Waals surface area contributed by atoms with Crippen LogP contribution in [-0.2, 0) is 9.53 Å². The molecule has 6 N–H and O–H groups in total. The van der Waals surface area contributed by atoms with Crippen LogP contribution in [0, 0.1) is 17.0 Å². The molecule has 0 aliphatic rings. The van der Waals surface area contributed by atoms with Crippen molar-refractivity contribution in [1.82, 2.24) is 10.6 Å². The Balaban J connectivity index is 0.00000466. The van der Waals surface area contributed by atoms with Crippen LogP contribution in [0.5, 0.6) is 0 Å². The van der Waals surface area contributed by atoms with Gasteiger partial charge in [-0.2, -0.15) is 0 Å². The maximum Gasteiger partial charge on any atom is 0.293 e. The van der Waals surface area contributed by atoms with Gasteiger partial charge in [0, 0.05) is 48.1 Å². The van der Waals surface area contributed by atoms with E-state index in [-0.39, 0.29) is 23.8 Å². The molecule has 0 unspecified atom stereocenters. The summed E-state index contributed by atoms with van der Waals surface area (Å²) in [5.74, 6) is -2.52. The van der Waals surface area contributed by atoms with Crippen molar-refractivity contribution >= 4 is 29.6 Å². The molecule has 180 valence electrons. The second-order valence-corrected chi connectivity index (χ2v) is 7.09. The van der Waals surface area contributed by atoms with Crippen LogP contribution >= 0.6 is 11.8 Å². The number of benzene rings is 1. The number of likely N-dealkylation sites (N-methyl/N-ethyl adjacent to an activating group) is 1. The van der Waals surface area contributed by atoms with Gasteiger partial charge >= 0.3 is 0 Å². The monoisotopic (exact) mass is 471 g/mol. The molecule has 0 bridgehead atoms. The van der Waals surface area contributed by atoms with Gasteiger partial charge in [-0.3, -0.25) is 4.79 Å². The number of anilines is 1. The highest BCUT2D eigenvalue weighted by Gasteiger charge is 2.18. The van der Waals surface area contributed by atoms with Crippen LogP contribution in [-0.4, -0.2) is 44.6 Å². The van der Waals surface area contributed by atoms with Crippen LogP contribution < -0.4 is 21.7 Å². The van der Waals surface area contributed by atoms with E-state index in [4.69, 9.17) is 15.9 Å². The normalized spacial score (nSPS) is 12.0. The number of rotatable bonds is 13. The van der Waals surface area contributed by atoms with Gasteiger partial charge in [-0.05, 0) is 31.9 Å². The number of halogens is 2. The number of nitrogens with two attached hydrogens (primary N) is 1. The topological polar surface area (TPSA) is 112 Å². The summed E-state index contributed by atoms with van der Waals surface area (Å²) in [5, 5.41) is 16.2. The Hall–Kier alpha value is -2.59. The molecule has 0 radical (unpaired) electrons. The first-order chi connectivity index (χ1) is 15.3. The van der Waals surface area contributed by atoms with Crippen LogP contribution in [0.4, 0.5) is 14.5 Å². The van der Waals surface area contributed by atoms with Crippen LogP contribution in [0.3, 0.4) is 0 Å². The van der Waals surface area contributed by atoms with E-state index in [9.17, 15) is 13.6 Å². The molecule has 0 atom stereocenters. The fourth-order valence-electron chi connectivity index (χ4n) is 2.44. The average molecular weight is 472 g/mol. The third-order valence-electron chi connectivity index (χ3n) is 3.84. The lowest BCUT2D eigenvalue weighted by atomic mass is 10.2. The summed E-state index contributed by atoms with van der Waals surface area (Å²) in [6, 6.07) is 2.70. The molecule has 32 heavy (non-hydrogen) atoms. The van der Waals surface area contributed by atoms with Gasteiger partial charge in [0.25, 0.3) is 5.91 Å². The fraction of sp³-hybridized carbons (Fsp3) is 0.455. The number of ether oxygens (including phenoxy) is 1. The highest BCUT2D eigenvalue weighted by atomic mass is 32.2. The summed E-state index contributed by atoms with van der Waals surface area (Å²) >= 11 is 1.48. The number of hydrogen-bond acceptors (Lipinski definition) is 7. The number of amides is 1. The number of thioether (sulfide) groups is 1. The van der Waals surface area contributed by atoms with Crippen molar-refractivity contribution in [3.05, 3.63) is 51.9 Å². The molecule has 0 saturated carbocycles. The third kappa shape index (κ3) is 11.1. The third-order valence-corrected chi connectivity index (χ3v) is 4.86. The smallest absolute Gasteiger partial charge is 0.293 e. The Bertz CT molecular complexity index is 776. The summed E-state index contributed by atoms with van der Waals surface area (Å²) in [4.78, 5) is 13.7. The number of carbonyl (C=O) groups is 1. The Labute approximate surface area is 193 Å². The van der Waals surface area contributed by atoms with E-state index >= 15 is 0 Å². The molecule has 7 nitrogen and oxygen atoms in total. The van der Waals surface area contributed by atoms with Crippen molar-refractivity contribution in [3.63, 3.8) is 0 Å². The SMILES string of the molecule is CC.CCNCCN/C(C=N)=C(\OCC/C(SC)=C(\C)N)C(=O)Nc1cc(F)cc(F)c1. The minimum Gasteiger partial charge on any atom is -0.486 e. The molecule has 1 aromatic carbocycles. The summed E-state index contributed by atoms with van der Waals surface area (Å²) in [7, 11) is 0. The van der Waals surface area contributed by atoms with Crippen molar-refractivity contribution in [1.29, 1.82) is 5.41 Å². The largest absolute Gasteiger partial charge is 0.486 e. The van der Waals surface area contributed by atoms with Gasteiger partial charge in [-0.1, -0.05) is 20.8 Å². The lowest BCUT2D eigenvalue weighted by Crippen LogP contribution is -2.30. The average Bonchev–Trinajstić information content (AvgIpc) is 2.75. The summed E-state index contributed by atoms with van der Waals surface area (Å²) in [6.45, 7) is 9.72. The van der Waals surface area contributed by atoms with E-state index < -0.39 is 17.5 Å². The number of nitrogens with one attached hydrogen (secondary N) is 4. The summed E-state index contributed by atoms with van der Waals surface area (Å²) < 4.78 is 32.6. The van der Waals surface area contributed by atoms with Gasteiger partial charge in [0.2, 0.25) is 5.76 Å². The van der Waals surface area contributed by atoms with Crippen LogP contribution in [0.1, 0.15) is 34.1 Å². The van der Waals surface area contributed by atoms with Crippen molar-refractivity contribution in [2.75, 3.05) is 37.8 Å².